The van der Waals surface area contributed by atoms with Gasteiger partial charge in [-0.1, -0.05) is 32.0 Å². The number of carboxylic acids is 1. The number of carbonyl (C=O) groups excluding carboxylic acids is 6. The van der Waals surface area contributed by atoms with Gasteiger partial charge in [0.25, 0.3) is 6.47 Å². The van der Waals surface area contributed by atoms with Gasteiger partial charge in [-0.25, -0.2) is 24.0 Å². The third kappa shape index (κ3) is 23.9. The zero-order valence-electron chi connectivity index (χ0n) is 41.8. The number of carbonyl (C=O) groups is 8. The van der Waals surface area contributed by atoms with E-state index < -0.39 is 36.3 Å². The maximum atomic E-state index is 12.6. The number of carboxylic acid groups (broad SMARTS) is 2. The molecular weight excluding hydrogens is 957 g/mol. The fraction of sp³-hybridized carbons (Fsp3) is 0.396. The summed E-state index contributed by atoms with van der Waals surface area (Å²) in [7, 11) is 3.23. The maximum Gasteiger partial charge on any atom is 0.513 e. The molecule has 1 fully saturated rings. The molecule has 2 N–H and O–H groups in total. The Balaban J connectivity index is 0.000000459. The number of benzene rings is 4. The first-order chi connectivity index (χ1) is 35.1. The summed E-state index contributed by atoms with van der Waals surface area (Å²) in [5.41, 5.74) is 3.50. The Bertz CT molecular complexity index is 2310. The van der Waals surface area contributed by atoms with E-state index >= 15 is 0 Å². The molecule has 20 nitrogen and oxygen atoms in total. The summed E-state index contributed by atoms with van der Waals surface area (Å²) in [5, 5.41) is 15.7. The van der Waals surface area contributed by atoms with Crippen LogP contribution >= 0.6 is 0 Å². The molecule has 1 unspecified atom stereocenters. The van der Waals surface area contributed by atoms with Gasteiger partial charge in [0.05, 0.1) is 42.6 Å². The van der Waals surface area contributed by atoms with Crippen molar-refractivity contribution in [3.05, 3.63) is 113 Å². The van der Waals surface area contributed by atoms with Gasteiger partial charge in [-0.15, -0.1) is 0 Å². The zero-order chi connectivity index (χ0) is 54.0. The number of hydrogen-bond donors (Lipinski definition) is 2. The summed E-state index contributed by atoms with van der Waals surface area (Å²) in [6, 6.07) is 23.6. The van der Waals surface area contributed by atoms with Gasteiger partial charge in [0.15, 0.2) is 0 Å². The number of hydrogen-bond acceptors (Lipinski definition) is 18. The molecule has 1 saturated heterocycles. The topological polar surface area (TPSA) is 269 Å². The van der Waals surface area contributed by atoms with E-state index in [9.17, 15) is 33.6 Å². The van der Waals surface area contributed by atoms with Crippen LogP contribution in [-0.4, -0.2) is 125 Å². The summed E-state index contributed by atoms with van der Waals surface area (Å²) in [4.78, 5) is 87.7. The normalized spacial score (nSPS) is 13.5. The minimum Gasteiger partial charge on any atom is -0.483 e. The molecule has 0 aromatic heterocycles. The first kappa shape index (κ1) is 61.4. The number of aryl methyl sites for hydroxylation is 1. The summed E-state index contributed by atoms with van der Waals surface area (Å²) in [6.07, 6.45) is 2.84. The number of methoxy groups -OCH3 is 2. The van der Waals surface area contributed by atoms with E-state index in [0.29, 0.717) is 63.2 Å². The number of rotatable bonds is 22. The Morgan fingerprint density at radius 3 is 1.66 bits per heavy atom. The lowest BCUT2D eigenvalue weighted by molar-refractivity contribution is -0.143. The van der Waals surface area contributed by atoms with Gasteiger partial charge in [-0.2, -0.15) is 0 Å². The minimum atomic E-state index is -1.07. The van der Waals surface area contributed by atoms with E-state index in [1.807, 2.05) is 39.0 Å². The van der Waals surface area contributed by atoms with Gasteiger partial charge in [0.1, 0.15) is 35.7 Å². The third-order valence-electron chi connectivity index (χ3n) is 10.0. The van der Waals surface area contributed by atoms with E-state index in [1.165, 1.54) is 48.5 Å². The van der Waals surface area contributed by atoms with Crippen LogP contribution in [-0.2, 0) is 47.5 Å². The molecule has 0 amide bonds. The number of aromatic carboxylic acids is 1. The standard InChI is InChI=1S/C29H36O9.C20H20O8.C3H6O.CH2O2/c1-5-26(30)34-15-6-7-16-36-29(32)38-23-12-13-24(19(2)18-23)21-8-10-22(11-9-21)28(31)37-20(3)27-25(33-4)14-17-35-27;1-25-12-2-3-13-26-20(24)28-17-10-6-15(7-11-17)19(23)27-16-8-4-14(5-9-16)18(21)22;1-2-3-4;2-1-3/h8-13,18,20,25,27H,5-7,14-17H2,1-4H3;4-11H,2-3,12-13H2,1H3,(H,21,22);3H,2H2,1H3;1H,(H,2,3)/t20?,25-,27-;;;/m1.../s1. The molecule has 0 spiro atoms. The highest BCUT2D eigenvalue weighted by Gasteiger charge is 2.35. The molecular formula is C53H64O20. The van der Waals surface area contributed by atoms with Crippen LogP contribution in [0.1, 0.15) is 102 Å². The van der Waals surface area contributed by atoms with Crippen molar-refractivity contribution in [2.75, 3.05) is 47.3 Å². The lowest BCUT2D eigenvalue weighted by Gasteiger charge is -2.23. The Labute approximate surface area is 423 Å². The van der Waals surface area contributed by atoms with E-state index in [2.05, 4.69) is 0 Å². The summed E-state index contributed by atoms with van der Waals surface area (Å²) in [5.74, 6) is -1.56. The van der Waals surface area contributed by atoms with E-state index in [-0.39, 0.29) is 60.5 Å². The highest BCUT2D eigenvalue weighted by Crippen LogP contribution is 2.28. The molecule has 1 aliphatic heterocycles. The second-order valence-electron chi connectivity index (χ2n) is 15.4. The van der Waals surface area contributed by atoms with Crippen LogP contribution in [0, 0.1) is 6.92 Å². The maximum absolute atomic E-state index is 12.6. The Morgan fingerprint density at radius 2 is 1.15 bits per heavy atom. The molecule has 0 radical (unpaired) electrons. The van der Waals surface area contributed by atoms with E-state index in [0.717, 1.165) is 35.8 Å². The third-order valence-corrected chi connectivity index (χ3v) is 10.0. The Hall–Kier alpha value is -7.68. The van der Waals surface area contributed by atoms with Crippen molar-refractivity contribution >= 4 is 48.9 Å². The average Bonchev–Trinajstić information content (AvgIpc) is 3.88. The van der Waals surface area contributed by atoms with Crippen LogP contribution in [0.4, 0.5) is 9.59 Å². The SMILES string of the molecule is CCC(=O)OCCCCOC(=O)Oc1ccc(-c2ccc(C(=O)OC(C)[C@H]3OCC[C@H]3OC)cc2)c(C)c1.CCC=O.COCCCCOC(=O)Oc1ccc(C(=O)Oc2ccc(C(=O)O)cc2)cc1.O=CO. The molecule has 5 rings (SSSR count). The lowest BCUT2D eigenvalue weighted by Crippen LogP contribution is -2.36. The van der Waals surface area contributed by atoms with Crippen molar-refractivity contribution in [3.8, 4) is 28.4 Å². The van der Waals surface area contributed by atoms with Crippen LogP contribution in [0.3, 0.4) is 0 Å². The van der Waals surface area contributed by atoms with Crippen LogP contribution in [0.15, 0.2) is 91.0 Å². The second kappa shape index (κ2) is 35.4. The van der Waals surface area contributed by atoms with E-state index in [4.69, 9.17) is 62.4 Å². The number of esters is 3. The quantitative estimate of drug-likeness (QED) is 0.0185. The first-order valence-corrected chi connectivity index (χ1v) is 23.2. The number of aldehydes is 1. The second-order valence-corrected chi connectivity index (χ2v) is 15.4. The molecule has 4 aromatic carbocycles. The molecule has 3 atom stereocenters. The van der Waals surface area contributed by atoms with Gasteiger partial charge < -0.3 is 62.4 Å². The Morgan fingerprint density at radius 1 is 0.671 bits per heavy atom. The molecule has 1 heterocycles. The minimum absolute atomic E-state index is 0.0829. The number of ether oxygens (including phenoxy) is 10. The van der Waals surface area contributed by atoms with Crippen molar-refractivity contribution in [3.63, 3.8) is 0 Å². The average molecular weight is 1020 g/mol. The highest BCUT2D eigenvalue weighted by atomic mass is 16.7. The molecule has 396 valence electrons. The highest BCUT2D eigenvalue weighted by molar-refractivity contribution is 5.92. The van der Waals surface area contributed by atoms with Crippen LogP contribution < -0.4 is 14.2 Å². The zero-order valence-corrected chi connectivity index (χ0v) is 41.8. The van der Waals surface area contributed by atoms with Crippen LogP contribution in [0.2, 0.25) is 0 Å². The van der Waals surface area contributed by atoms with Gasteiger partial charge in [0.2, 0.25) is 0 Å². The molecule has 0 saturated carbocycles. The summed E-state index contributed by atoms with van der Waals surface area (Å²) < 4.78 is 52.0. The molecule has 0 bridgehead atoms. The van der Waals surface area contributed by atoms with Crippen molar-refractivity contribution in [2.45, 2.75) is 91.0 Å². The van der Waals surface area contributed by atoms with Crippen LogP contribution in [0.25, 0.3) is 11.1 Å². The van der Waals surface area contributed by atoms with Gasteiger partial charge >= 0.3 is 36.2 Å². The van der Waals surface area contributed by atoms with Gasteiger partial charge in [-0.3, -0.25) is 9.59 Å². The number of unbranched alkanes of at least 4 members (excludes halogenated alkanes) is 2. The fourth-order valence-corrected chi connectivity index (χ4v) is 6.29. The molecule has 20 heteroatoms. The predicted molar refractivity (Wildman–Crippen MR) is 262 cm³/mol. The molecule has 1 aliphatic rings. The van der Waals surface area contributed by atoms with Crippen molar-refractivity contribution in [1.82, 2.24) is 0 Å². The largest absolute Gasteiger partial charge is 0.513 e. The first-order valence-electron chi connectivity index (χ1n) is 23.2. The smallest absolute Gasteiger partial charge is 0.483 e. The van der Waals surface area contributed by atoms with Crippen LogP contribution in [0.5, 0.6) is 17.2 Å². The Kier molecular flexibility index (Phi) is 29.8. The summed E-state index contributed by atoms with van der Waals surface area (Å²) >= 11 is 0. The lowest BCUT2D eigenvalue weighted by atomic mass is 9.99. The van der Waals surface area contributed by atoms with E-state index in [1.54, 1.807) is 45.4 Å². The van der Waals surface area contributed by atoms with Gasteiger partial charge in [0, 0.05) is 40.3 Å². The molecule has 0 aliphatic carbocycles. The van der Waals surface area contributed by atoms with Crippen molar-refractivity contribution < 1.29 is 95.9 Å². The molecule has 4 aromatic rings. The predicted octanol–water partition coefficient (Wildman–Crippen LogP) is 9.10. The van der Waals surface area contributed by atoms with Crippen molar-refractivity contribution in [1.29, 1.82) is 0 Å². The molecule has 73 heavy (non-hydrogen) atoms. The summed E-state index contributed by atoms with van der Waals surface area (Å²) in [6.45, 7) is 8.90. The fourth-order valence-electron chi connectivity index (χ4n) is 6.29. The van der Waals surface area contributed by atoms with Gasteiger partial charge in [-0.05, 0) is 135 Å². The van der Waals surface area contributed by atoms with Crippen molar-refractivity contribution in [2.24, 2.45) is 0 Å². The monoisotopic (exact) mass is 1020 g/mol.